The second-order valence-corrected chi connectivity index (χ2v) is 6.97. The van der Waals surface area contributed by atoms with Gasteiger partial charge in [-0.15, -0.1) is 22.7 Å². The monoisotopic (exact) mass is 268 g/mol. The van der Waals surface area contributed by atoms with E-state index in [1.807, 2.05) is 22.7 Å². The summed E-state index contributed by atoms with van der Waals surface area (Å²) in [6.45, 7) is 4.33. The molecule has 0 radical (unpaired) electrons. The first-order valence-corrected chi connectivity index (χ1v) is 7.68. The van der Waals surface area contributed by atoms with Crippen LogP contribution in [0.3, 0.4) is 0 Å². The molecule has 0 spiro atoms. The molecular formula is C16H12S2. The Morgan fingerprint density at radius 2 is 1.11 bits per heavy atom. The van der Waals surface area contributed by atoms with Crippen LogP contribution in [0.1, 0.15) is 11.1 Å². The van der Waals surface area contributed by atoms with Crippen molar-refractivity contribution in [1.29, 1.82) is 0 Å². The lowest BCUT2D eigenvalue weighted by atomic mass is 10.1. The standard InChI is InChI=1S/C16H12S2/c1-9-3-5-13-11(7-9)15-16(17-13)12-8-10(2)4-6-14(12)18-15/h3-8H,1-2H3. The molecule has 0 nitrogen and oxygen atoms in total. The minimum atomic E-state index is 1.34. The molecule has 18 heavy (non-hydrogen) atoms. The van der Waals surface area contributed by atoms with E-state index in [-0.39, 0.29) is 0 Å². The van der Waals surface area contributed by atoms with Gasteiger partial charge in [0.1, 0.15) is 0 Å². The Bertz CT molecular complexity index is 818. The Labute approximate surface area is 113 Å². The molecular weight excluding hydrogens is 256 g/mol. The zero-order valence-corrected chi connectivity index (χ0v) is 11.9. The first-order chi connectivity index (χ1) is 8.72. The molecule has 4 aromatic rings. The van der Waals surface area contributed by atoms with Crippen molar-refractivity contribution >= 4 is 52.2 Å². The van der Waals surface area contributed by atoms with E-state index in [9.17, 15) is 0 Å². The Morgan fingerprint density at radius 3 is 1.56 bits per heavy atom. The van der Waals surface area contributed by atoms with Crippen molar-refractivity contribution in [2.75, 3.05) is 0 Å². The molecule has 2 heterocycles. The van der Waals surface area contributed by atoms with E-state index >= 15 is 0 Å². The lowest BCUT2D eigenvalue weighted by Crippen LogP contribution is -1.68. The summed E-state index contributed by atoms with van der Waals surface area (Å²) < 4.78 is 5.73. The van der Waals surface area contributed by atoms with E-state index < -0.39 is 0 Å². The maximum absolute atomic E-state index is 2.32. The van der Waals surface area contributed by atoms with E-state index in [4.69, 9.17) is 0 Å². The first-order valence-electron chi connectivity index (χ1n) is 6.04. The summed E-state index contributed by atoms with van der Waals surface area (Å²) in [6.07, 6.45) is 0. The molecule has 0 amide bonds. The highest BCUT2D eigenvalue weighted by Crippen LogP contribution is 2.44. The lowest BCUT2D eigenvalue weighted by Gasteiger charge is -1.93. The predicted octanol–water partition coefficient (Wildman–Crippen LogP) is 5.89. The smallest absolute Gasteiger partial charge is 0.0542 e. The van der Waals surface area contributed by atoms with Gasteiger partial charge in [-0.05, 0) is 38.1 Å². The van der Waals surface area contributed by atoms with Crippen molar-refractivity contribution in [1.82, 2.24) is 0 Å². The van der Waals surface area contributed by atoms with Crippen molar-refractivity contribution in [3.63, 3.8) is 0 Å². The number of benzene rings is 2. The van der Waals surface area contributed by atoms with E-state index in [0.29, 0.717) is 0 Å². The van der Waals surface area contributed by atoms with Gasteiger partial charge in [-0.2, -0.15) is 0 Å². The second-order valence-electron chi connectivity index (χ2n) is 4.86. The highest BCUT2D eigenvalue weighted by atomic mass is 32.1. The van der Waals surface area contributed by atoms with Crippen molar-refractivity contribution in [3.8, 4) is 0 Å². The van der Waals surface area contributed by atoms with Crippen LogP contribution in [0, 0.1) is 13.8 Å². The predicted molar refractivity (Wildman–Crippen MR) is 84.2 cm³/mol. The third-order valence-electron chi connectivity index (χ3n) is 3.39. The topological polar surface area (TPSA) is 0 Å². The third-order valence-corrected chi connectivity index (χ3v) is 5.93. The summed E-state index contributed by atoms with van der Waals surface area (Å²) in [5.41, 5.74) is 2.69. The van der Waals surface area contributed by atoms with Crippen LogP contribution < -0.4 is 0 Å². The maximum Gasteiger partial charge on any atom is 0.0542 e. The Hall–Kier alpha value is -1.38. The highest BCUT2D eigenvalue weighted by Gasteiger charge is 2.11. The van der Waals surface area contributed by atoms with Crippen LogP contribution >= 0.6 is 22.7 Å². The molecule has 88 valence electrons. The van der Waals surface area contributed by atoms with Gasteiger partial charge in [-0.3, -0.25) is 0 Å². The molecule has 2 aromatic carbocycles. The molecule has 0 aliphatic heterocycles. The van der Waals surface area contributed by atoms with Crippen LogP contribution in [0.25, 0.3) is 29.6 Å². The number of fused-ring (bicyclic) bond motifs is 5. The normalized spacial score (nSPS) is 11.9. The van der Waals surface area contributed by atoms with Gasteiger partial charge in [-0.25, -0.2) is 0 Å². The van der Waals surface area contributed by atoms with Crippen LogP contribution in [0.15, 0.2) is 36.4 Å². The number of rotatable bonds is 0. The molecule has 0 fully saturated rings. The molecule has 0 atom stereocenters. The molecule has 0 N–H and O–H groups in total. The van der Waals surface area contributed by atoms with Gasteiger partial charge in [0, 0.05) is 20.2 Å². The summed E-state index contributed by atoms with van der Waals surface area (Å²) in [4.78, 5) is 0. The van der Waals surface area contributed by atoms with Crippen LogP contribution in [-0.4, -0.2) is 0 Å². The molecule has 0 aliphatic rings. The summed E-state index contributed by atoms with van der Waals surface area (Å²) >= 11 is 3.85. The molecule has 4 rings (SSSR count). The number of hydrogen-bond acceptors (Lipinski definition) is 2. The third kappa shape index (κ3) is 1.36. The fourth-order valence-corrected chi connectivity index (χ4v) is 5.08. The molecule has 0 aliphatic carbocycles. The van der Waals surface area contributed by atoms with Gasteiger partial charge in [0.25, 0.3) is 0 Å². The van der Waals surface area contributed by atoms with E-state index in [0.717, 1.165) is 0 Å². The number of aryl methyl sites for hydroxylation is 2. The maximum atomic E-state index is 2.32. The fraction of sp³-hybridized carbons (Fsp3) is 0.125. The summed E-state index contributed by atoms with van der Waals surface area (Å²) in [6, 6.07) is 13.5. The largest absolute Gasteiger partial charge is 0.134 e. The quantitative estimate of drug-likeness (QED) is 0.373. The van der Waals surface area contributed by atoms with Gasteiger partial charge in [-0.1, -0.05) is 23.3 Å². The van der Waals surface area contributed by atoms with Crippen LogP contribution in [-0.2, 0) is 0 Å². The van der Waals surface area contributed by atoms with Crippen molar-refractivity contribution in [2.24, 2.45) is 0 Å². The van der Waals surface area contributed by atoms with Gasteiger partial charge in [0.15, 0.2) is 0 Å². The molecule has 2 heteroatoms. The van der Waals surface area contributed by atoms with Crippen molar-refractivity contribution < 1.29 is 0 Å². The van der Waals surface area contributed by atoms with E-state index in [2.05, 4.69) is 50.2 Å². The summed E-state index contributed by atoms with van der Waals surface area (Å²) in [5.74, 6) is 0. The van der Waals surface area contributed by atoms with Crippen molar-refractivity contribution in [2.45, 2.75) is 13.8 Å². The Kier molecular flexibility index (Phi) is 2.08. The fourth-order valence-electron chi connectivity index (χ4n) is 2.49. The SMILES string of the molecule is Cc1ccc2sc3c4cc(C)ccc4sc3c2c1. The van der Waals surface area contributed by atoms with Crippen LogP contribution in [0.5, 0.6) is 0 Å². The summed E-state index contributed by atoms with van der Waals surface area (Å²) in [5, 5.41) is 2.85. The molecule has 0 saturated carbocycles. The highest BCUT2D eigenvalue weighted by molar-refractivity contribution is 7.36. The zero-order valence-electron chi connectivity index (χ0n) is 10.3. The lowest BCUT2D eigenvalue weighted by molar-refractivity contribution is 1.52. The first kappa shape index (κ1) is 10.5. The van der Waals surface area contributed by atoms with Gasteiger partial charge in [0.2, 0.25) is 0 Å². The van der Waals surface area contributed by atoms with Crippen LogP contribution in [0.2, 0.25) is 0 Å². The minimum Gasteiger partial charge on any atom is -0.134 e. The second kappa shape index (κ2) is 3.56. The molecule has 0 bridgehead atoms. The van der Waals surface area contributed by atoms with Gasteiger partial charge < -0.3 is 0 Å². The molecule has 2 aromatic heterocycles. The molecule has 0 unspecified atom stereocenters. The Balaban J connectivity index is 2.26. The van der Waals surface area contributed by atoms with Crippen LogP contribution in [0.4, 0.5) is 0 Å². The Morgan fingerprint density at radius 1 is 0.667 bits per heavy atom. The minimum absolute atomic E-state index is 1.34. The van der Waals surface area contributed by atoms with Gasteiger partial charge in [0.05, 0.1) is 9.40 Å². The number of hydrogen-bond donors (Lipinski definition) is 0. The average Bonchev–Trinajstić information content (AvgIpc) is 2.86. The average molecular weight is 268 g/mol. The number of thiophene rings is 2. The van der Waals surface area contributed by atoms with Gasteiger partial charge >= 0.3 is 0 Å². The summed E-state index contributed by atoms with van der Waals surface area (Å²) in [7, 11) is 0. The van der Waals surface area contributed by atoms with E-state index in [1.165, 1.54) is 40.7 Å². The van der Waals surface area contributed by atoms with E-state index in [1.54, 1.807) is 0 Å². The zero-order chi connectivity index (χ0) is 12.3. The van der Waals surface area contributed by atoms with Crippen molar-refractivity contribution in [3.05, 3.63) is 47.5 Å². The molecule has 0 saturated heterocycles.